The zero-order valence-electron chi connectivity index (χ0n) is 8.32. The van der Waals surface area contributed by atoms with E-state index in [1.165, 1.54) is 10.5 Å². The minimum atomic E-state index is 0.395. The van der Waals surface area contributed by atoms with Gasteiger partial charge in [0.1, 0.15) is 5.78 Å². The first-order valence-corrected chi connectivity index (χ1v) is 5.97. The minimum Gasteiger partial charge on any atom is -0.298 e. The lowest BCUT2D eigenvalue weighted by atomic mass is 10.2. The second-order valence-corrected chi connectivity index (χ2v) is 4.81. The van der Waals surface area contributed by atoms with Crippen LogP contribution in [0.25, 0.3) is 0 Å². The van der Waals surface area contributed by atoms with Crippen molar-refractivity contribution in [2.75, 3.05) is 5.75 Å². The lowest BCUT2D eigenvalue weighted by Gasteiger charge is -2.03. The van der Waals surface area contributed by atoms with Crippen LogP contribution in [0.4, 0.5) is 0 Å². The van der Waals surface area contributed by atoms with Crippen LogP contribution in [-0.2, 0) is 4.79 Å². The summed E-state index contributed by atoms with van der Waals surface area (Å²) < 4.78 is 0. The molecule has 0 radical (unpaired) electrons. The molecule has 1 saturated carbocycles. The van der Waals surface area contributed by atoms with E-state index in [4.69, 9.17) is 0 Å². The summed E-state index contributed by atoms with van der Waals surface area (Å²) >= 11 is 1.67. The summed E-state index contributed by atoms with van der Waals surface area (Å²) in [5, 5.41) is 0. The third-order valence-electron chi connectivity index (χ3n) is 2.50. The van der Waals surface area contributed by atoms with Crippen LogP contribution in [-0.4, -0.2) is 11.5 Å². The monoisotopic (exact) mass is 206 g/mol. The maximum atomic E-state index is 11.5. The van der Waals surface area contributed by atoms with Gasteiger partial charge in [0.05, 0.1) is 5.75 Å². The number of carbonyl (C=O) groups is 1. The number of thioether (sulfide) groups is 1. The molecule has 0 aromatic heterocycles. The van der Waals surface area contributed by atoms with Crippen LogP contribution in [0.3, 0.4) is 0 Å². The Balaban J connectivity index is 1.91. The molecule has 0 spiro atoms. The SMILES string of the molecule is Cc1ccccc1SCC(=O)C1CC1. The smallest absolute Gasteiger partial charge is 0.146 e. The summed E-state index contributed by atoms with van der Waals surface area (Å²) in [4.78, 5) is 12.7. The molecule has 14 heavy (non-hydrogen) atoms. The molecule has 1 aliphatic carbocycles. The number of aryl methyl sites for hydroxylation is 1. The van der Waals surface area contributed by atoms with Crippen LogP contribution in [0, 0.1) is 12.8 Å². The van der Waals surface area contributed by atoms with Gasteiger partial charge < -0.3 is 0 Å². The normalized spacial score (nSPS) is 15.5. The summed E-state index contributed by atoms with van der Waals surface area (Å²) in [7, 11) is 0. The van der Waals surface area contributed by atoms with Crippen LogP contribution in [0.15, 0.2) is 29.2 Å². The van der Waals surface area contributed by atoms with Gasteiger partial charge >= 0.3 is 0 Å². The number of hydrogen-bond donors (Lipinski definition) is 0. The van der Waals surface area contributed by atoms with Gasteiger partial charge in [0.15, 0.2) is 0 Å². The van der Waals surface area contributed by atoms with Gasteiger partial charge in [-0.3, -0.25) is 4.79 Å². The fraction of sp³-hybridized carbons (Fsp3) is 0.417. The molecule has 1 fully saturated rings. The fourth-order valence-electron chi connectivity index (χ4n) is 1.39. The van der Waals surface area contributed by atoms with Crippen molar-refractivity contribution in [2.45, 2.75) is 24.7 Å². The van der Waals surface area contributed by atoms with E-state index in [2.05, 4.69) is 19.1 Å². The molecule has 0 heterocycles. The van der Waals surface area contributed by atoms with Crippen molar-refractivity contribution in [3.63, 3.8) is 0 Å². The van der Waals surface area contributed by atoms with Gasteiger partial charge in [0.25, 0.3) is 0 Å². The highest BCUT2D eigenvalue weighted by molar-refractivity contribution is 8.00. The molecule has 2 heteroatoms. The second kappa shape index (κ2) is 4.18. The van der Waals surface area contributed by atoms with Gasteiger partial charge in [-0.2, -0.15) is 0 Å². The topological polar surface area (TPSA) is 17.1 Å². The highest BCUT2D eigenvalue weighted by Crippen LogP contribution is 2.32. The largest absolute Gasteiger partial charge is 0.298 e. The van der Waals surface area contributed by atoms with Crippen molar-refractivity contribution >= 4 is 17.5 Å². The van der Waals surface area contributed by atoms with Gasteiger partial charge in [-0.1, -0.05) is 18.2 Å². The number of Topliss-reactive ketones (excluding diaryl/α,β-unsaturated/α-hetero) is 1. The first-order chi connectivity index (χ1) is 6.77. The van der Waals surface area contributed by atoms with Crippen molar-refractivity contribution < 1.29 is 4.79 Å². The summed E-state index contributed by atoms with van der Waals surface area (Å²) in [5.41, 5.74) is 1.26. The Morgan fingerprint density at radius 1 is 1.43 bits per heavy atom. The number of benzene rings is 1. The van der Waals surface area contributed by atoms with Gasteiger partial charge in [-0.05, 0) is 31.4 Å². The van der Waals surface area contributed by atoms with Gasteiger partial charge in [-0.15, -0.1) is 11.8 Å². The van der Waals surface area contributed by atoms with Crippen LogP contribution in [0.5, 0.6) is 0 Å². The molecule has 0 N–H and O–H groups in total. The van der Waals surface area contributed by atoms with E-state index in [-0.39, 0.29) is 0 Å². The summed E-state index contributed by atoms with van der Waals surface area (Å²) in [6, 6.07) is 8.23. The molecular weight excluding hydrogens is 192 g/mol. The van der Waals surface area contributed by atoms with E-state index >= 15 is 0 Å². The highest BCUT2D eigenvalue weighted by Gasteiger charge is 2.28. The van der Waals surface area contributed by atoms with Crippen LogP contribution >= 0.6 is 11.8 Å². The van der Waals surface area contributed by atoms with Crippen molar-refractivity contribution in [1.82, 2.24) is 0 Å². The van der Waals surface area contributed by atoms with Crippen molar-refractivity contribution in [3.05, 3.63) is 29.8 Å². The molecule has 0 amide bonds. The van der Waals surface area contributed by atoms with Gasteiger partial charge in [0.2, 0.25) is 0 Å². The molecule has 1 aromatic rings. The lowest BCUT2D eigenvalue weighted by Crippen LogP contribution is -2.03. The average molecular weight is 206 g/mol. The first kappa shape index (κ1) is 9.78. The van der Waals surface area contributed by atoms with E-state index in [1.807, 2.05) is 12.1 Å². The summed E-state index contributed by atoms with van der Waals surface area (Å²) in [5.74, 6) is 1.47. The number of carbonyl (C=O) groups excluding carboxylic acids is 1. The predicted octanol–water partition coefficient (Wildman–Crippen LogP) is 3.07. The molecule has 0 aliphatic heterocycles. The molecular formula is C12H14OS. The zero-order chi connectivity index (χ0) is 9.97. The molecule has 0 atom stereocenters. The number of rotatable bonds is 4. The minimum absolute atomic E-state index is 0.395. The Bertz CT molecular complexity index is 342. The van der Waals surface area contributed by atoms with Gasteiger partial charge in [-0.25, -0.2) is 0 Å². The molecule has 1 aromatic carbocycles. The Hall–Kier alpha value is -0.760. The first-order valence-electron chi connectivity index (χ1n) is 4.98. The maximum Gasteiger partial charge on any atom is 0.146 e. The number of ketones is 1. The van der Waals surface area contributed by atoms with Crippen molar-refractivity contribution in [3.8, 4) is 0 Å². The lowest BCUT2D eigenvalue weighted by molar-refractivity contribution is -0.117. The third kappa shape index (κ3) is 2.38. The summed E-state index contributed by atoms with van der Waals surface area (Å²) in [6.45, 7) is 2.09. The number of hydrogen-bond acceptors (Lipinski definition) is 2. The van der Waals surface area contributed by atoms with Crippen LogP contribution in [0.2, 0.25) is 0 Å². The van der Waals surface area contributed by atoms with E-state index in [0.29, 0.717) is 17.5 Å². The van der Waals surface area contributed by atoms with Crippen LogP contribution < -0.4 is 0 Å². The molecule has 1 nitrogen and oxygen atoms in total. The van der Waals surface area contributed by atoms with Crippen molar-refractivity contribution in [1.29, 1.82) is 0 Å². The van der Waals surface area contributed by atoms with E-state index < -0.39 is 0 Å². The summed E-state index contributed by atoms with van der Waals surface area (Å²) in [6.07, 6.45) is 2.24. The Morgan fingerprint density at radius 3 is 2.79 bits per heavy atom. The molecule has 2 rings (SSSR count). The van der Waals surface area contributed by atoms with E-state index in [0.717, 1.165) is 12.8 Å². The maximum absolute atomic E-state index is 11.5. The zero-order valence-corrected chi connectivity index (χ0v) is 9.14. The Labute approximate surface area is 88.9 Å². The molecule has 0 unspecified atom stereocenters. The molecule has 0 saturated heterocycles. The van der Waals surface area contributed by atoms with Crippen molar-refractivity contribution in [2.24, 2.45) is 5.92 Å². The fourth-order valence-corrected chi connectivity index (χ4v) is 2.39. The third-order valence-corrected chi connectivity index (χ3v) is 3.69. The molecule has 0 bridgehead atoms. The van der Waals surface area contributed by atoms with E-state index in [1.54, 1.807) is 11.8 Å². The quantitative estimate of drug-likeness (QED) is 0.704. The van der Waals surface area contributed by atoms with Gasteiger partial charge in [0, 0.05) is 10.8 Å². The standard InChI is InChI=1S/C12H14OS/c1-9-4-2-3-5-12(9)14-8-11(13)10-6-7-10/h2-5,10H,6-8H2,1H3. The predicted molar refractivity (Wildman–Crippen MR) is 59.6 cm³/mol. The Kier molecular flexibility index (Phi) is 2.92. The second-order valence-electron chi connectivity index (χ2n) is 3.79. The molecule has 1 aliphatic rings. The van der Waals surface area contributed by atoms with Crippen LogP contribution in [0.1, 0.15) is 18.4 Å². The Morgan fingerprint density at radius 2 is 2.14 bits per heavy atom. The average Bonchev–Trinajstić information content (AvgIpc) is 2.99. The highest BCUT2D eigenvalue weighted by atomic mass is 32.2. The molecule has 74 valence electrons. The van der Waals surface area contributed by atoms with E-state index in [9.17, 15) is 4.79 Å².